The first-order chi connectivity index (χ1) is 12.0. The van der Waals surface area contributed by atoms with Crippen molar-refractivity contribution in [2.45, 2.75) is 26.9 Å². The Hall–Kier alpha value is -2.53. The number of aryl methyl sites for hydroxylation is 1. The predicted octanol–water partition coefficient (Wildman–Crippen LogP) is 4.23. The molecule has 0 heterocycles. The van der Waals surface area contributed by atoms with Gasteiger partial charge in [0.05, 0.1) is 12.3 Å². The van der Waals surface area contributed by atoms with Gasteiger partial charge in [-0.3, -0.25) is 0 Å². The standard InChI is InChI=1S/C19H21ClN2O3/c1-13-4-3-5-15(10-13)12-25-22-14(2)16-6-7-18(20)17(11-16)8-9-24-19(21)23/h3-7,10-11H,8-9,12H2,1-2H3,(H2,21,23)/b22-14+. The number of carbonyl (C=O) groups excluding carboxylic acids is 1. The van der Waals surface area contributed by atoms with E-state index in [0.29, 0.717) is 18.1 Å². The summed E-state index contributed by atoms with van der Waals surface area (Å²) in [5, 5.41) is 4.77. The molecule has 0 aliphatic rings. The molecule has 0 aliphatic heterocycles. The lowest BCUT2D eigenvalue weighted by molar-refractivity contribution is 0.130. The Kier molecular flexibility index (Phi) is 6.83. The highest BCUT2D eigenvalue weighted by Gasteiger charge is 2.06. The monoisotopic (exact) mass is 360 g/mol. The zero-order chi connectivity index (χ0) is 18.2. The number of oxime groups is 1. The zero-order valence-electron chi connectivity index (χ0n) is 14.3. The Labute approximate surface area is 152 Å². The van der Waals surface area contributed by atoms with Crippen molar-refractivity contribution in [1.29, 1.82) is 0 Å². The number of hydrogen-bond acceptors (Lipinski definition) is 4. The van der Waals surface area contributed by atoms with Crippen LogP contribution in [0.2, 0.25) is 5.02 Å². The minimum atomic E-state index is -0.797. The van der Waals surface area contributed by atoms with Gasteiger partial charge in [0.25, 0.3) is 0 Å². The molecule has 2 aromatic carbocycles. The number of nitrogens with zero attached hydrogens (tertiary/aromatic N) is 1. The average molecular weight is 361 g/mol. The van der Waals surface area contributed by atoms with E-state index in [1.165, 1.54) is 5.56 Å². The van der Waals surface area contributed by atoms with Crippen molar-refractivity contribution >= 4 is 23.4 Å². The van der Waals surface area contributed by atoms with E-state index in [-0.39, 0.29) is 6.61 Å². The van der Waals surface area contributed by atoms with E-state index in [4.69, 9.17) is 26.9 Å². The van der Waals surface area contributed by atoms with Crippen LogP contribution in [0.15, 0.2) is 47.6 Å². The molecular formula is C19H21ClN2O3. The normalized spacial score (nSPS) is 11.2. The Morgan fingerprint density at radius 1 is 1.24 bits per heavy atom. The van der Waals surface area contributed by atoms with Crippen LogP contribution in [0, 0.1) is 6.92 Å². The molecule has 25 heavy (non-hydrogen) atoms. The van der Waals surface area contributed by atoms with Crippen molar-refractivity contribution in [2.75, 3.05) is 6.61 Å². The summed E-state index contributed by atoms with van der Waals surface area (Å²) in [6.45, 7) is 4.49. The fourth-order valence-corrected chi connectivity index (χ4v) is 2.52. The van der Waals surface area contributed by atoms with Gasteiger partial charge in [0.1, 0.15) is 6.61 Å². The highest BCUT2D eigenvalue weighted by atomic mass is 35.5. The van der Waals surface area contributed by atoms with Gasteiger partial charge in [-0.05, 0) is 42.7 Å². The Bertz CT molecular complexity index is 775. The van der Waals surface area contributed by atoms with Gasteiger partial charge in [-0.15, -0.1) is 0 Å². The molecule has 132 valence electrons. The number of ether oxygens (including phenoxy) is 1. The van der Waals surface area contributed by atoms with Crippen molar-refractivity contribution in [1.82, 2.24) is 0 Å². The second-order valence-corrected chi connectivity index (χ2v) is 6.07. The maximum absolute atomic E-state index is 10.6. The Balaban J connectivity index is 2.00. The van der Waals surface area contributed by atoms with Gasteiger partial charge >= 0.3 is 6.09 Å². The highest BCUT2D eigenvalue weighted by Crippen LogP contribution is 2.19. The molecule has 5 nitrogen and oxygen atoms in total. The summed E-state index contributed by atoms with van der Waals surface area (Å²) < 4.78 is 4.75. The quantitative estimate of drug-likeness (QED) is 0.593. The summed E-state index contributed by atoms with van der Waals surface area (Å²) in [5.74, 6) is 0. The van der Waals surface area contributed by atoms with Crippen LogP contribution in [0.1, 0.15) is 29.2 Å². The number of amides is 1. The maximum Gasteiger partial charge on any atom is 0.404 e. The summed E-state index contributed by atoms with van der Waals surface area (Å²) in [5.41, 5.74) is 9.69. The van der Waals surface area contributed by atoms with Crippen LogP contribution in [0.5, 0.6) is 0 Å². The van der Waals surface area contributed by atoms with Crippen LogP contribution >= 0.6 is 11.6 Å². The molecule has 2 aromatic rings. The third kappa shape index (κ3) is 6.12. The van der Waals surface area contributed by atoms with E-state index in [1.807, 2.05) is 44.2 Å². The van der Waals surface area contributed by atoms with Crippen molar-refractivity contribution < 1.29 is 14.4 Å². The molecule has 1 amide bonds. The summed E-state index contributed by atoms with van der Waals surface area (Å²) in [4.78, 5) is 16.1. The molecule has 0 atom stereocenters. The minimum Gasteiger partial charge on any atom is -0.449 e. The summed E-state index contributed by atoms with van der Waals surface area (Å²) in [6.07, 6.45) is -0.317. The molecule has 0 saturated heterocycles. The smallest absolute Gasteiger partial charge is 0.404 e. The van der Waals surface area contributed by atoms with Gasteiger partial charge in [0, 0.05) is 11.4 Å². The fourth-order valence-electron chi connectivity index (χ4n) is 2.31. The van der Waals surface area contributed by atoms with Crippen molar-refractivity contribution in [3.8, 4) is 0 Å². The van der Waals surface area contributed by atoms with Gasteiger partial charge in [-0.1, -0.05) is 52.7 Å². The molecule has 2 N–H and O–H groups in total. The van der Waals surface area contributed by atoms with Crippen molar-refractivity contribution in [2.24, 2.45) is 10.9 Å². The summed E-state index contributed by atoms with van der Waals surface area (Å²) in [6, 6.07) is 13.6. The third-order valence-corrected chi connectivity index (χ3v) is 3.96. The molecule has 6 heteroatoms. The number of hydrogen-bond donors (Lipinski definition) is 1. The predicted molar refractivity (Wildman–Crippen MR) is 98.9 cm³/mol. The molecule has 0 saturated carbocycles. The van der Waals surface area contributed by atoms with E-state index in [0.717, 1.165) is 22.4 Å². The second kappa shape index (κ2) is 9.08. The highest BCUT2D eigenvalue weighted by molar-refractivity contribution is 6.31. The molecule has 2 rings (SSSR count). The molecule has 0 bridgehead atoms. The number of rotatable bonds is 7. The number of nitrogens with two attached hydrogens (primary N) is 1. The molecule has 0 aromatic heterocycles. The number of halogens is 1. The molecular weight excluding hydrogens is 340 g/mol. The van der Waals surface area contributed by atoms with Crippen LogP contribution in [-0.4, -0.2) is 18.4 Å². The van der Waals surface area contributed by atoms with Gasteiger partial charge in [-0.2, -0.15) is 0 Å². The first-order valence-corrected chi connectivity index (χ1v) is 8.26. The number of primary amides is 1. The third-order valence-electron chi connectivity index (χ3n) is 3.59. The van der Waals surface area contributed by atoms with Crippen molar-refractivity contribution in [3.05, 3.63) is 69.7 Å². The SMILES string of the molecule is C/C(=N\OCc1cccc(C)c1)c1ccc(Cl)c(CCOC(N)=O)c1. The zero-order valence-corrected chi connectivity index (χ0v) is 15.0. The summed E-state index contributed by atoms with van der Waals surface area (Å²) >= 11 is 6.17. The topological polar surface area (TPSA) is 73.9 Å². The molecule has 0 aliphatic carbocycles. The van der Waals surface area contributed by atoms with Crippen LogP contribution in [-0.2, 0) is 22.6 Å². The van der Waals surface area contributed by atoms with E-state index in [2.05, 4.69) is 11.2 Å². The van der Waals surface area contributed by atoms with Gasteiger partial charge in [0.15, 0.2) is 0 Å². The molecule has 0 unspecified atom stereocenters. The van der Waals surface area contributed by atoms with E-state index < -0.39 is 6.09 Å². The number of benzene rings is 2. The lowest BCUT2D eigenvalue weighted by Crippen LogP contribution is -2.15. The maximum atomic E-state index is 10.6. The molecule has 0 radical (unpaired) electrons. The molecule has 0 fully saturated rings. The van der Waals surface area contributed by atoms with Gasteiger partial charge in [0.2, 0.25) is 0 Å². The van der Waals surface area contributed by atoms with Crippen LogP contribution < -0.4 is 5.73 Å². The van der Waals surface area contributed by atoms with Crippen LogP contribution in [0.3, 0.4) is 0 Å². The Morgan fingerprint density at radius 3 is 2.76 bits per heavy atom. The fraction of sp³-hybridized carbons (Fsp3) is 0.263. The first kappa shape index (κ1) is 18.8. The first-order valence-electron chi connectivity index (χ1n) is 7.89. The largest absolute Gasteiger partial charge is 0.449 e. The van der Waals surface area contributed by atoms with E-state index in [9.17, 15) is 4.79 Å². The van der Waals surface area contributed by atoms with E-state index >= 15 is 0 Å². The lowest BCUT2D eigenvalue weighted by atomic mass is 10.1. The second-order valence-electron chi connectivity index (χ2n) is 5.66. The summed E-state index contributed by atoms with van der Waals surface area (Å²) in [7, 11) is 0. The number of carbonyl (C=O) groups is 1. The average Bonchev–Trinajstić information content (AvgIpc) is 2.56. The Morgan fingerprint density at radius 2 is 2.04 bits per heavy atom. The van der Waals surface area contributed by atoms with Crippen LogP contribution in [0.4, 0.5) is 4.79 Å². The van der Waals surface area contributed by atoms with E-state index in [1.54, 1.807) is 6.07 Å². The molecule has 0 spiro atoms. The van der Waals surface area contributed by atoms with Gasteiger partial charge < -0.3 is 15.3 Å². The lowest BCUT2D eigenvalue weighted by Gasteiger charge is -2.08. The van der Waals surface area contributed by atoms with Crippen LogP contribution in [0.25, 0.3) is 0 Å². The van der Waals surface area contributed by atoms with Gasteiger partial charge in [-0.25, -0.2) is 4.79 Å². The van der Waals surface area contributed by atoms with Crippen molar-refractivity contribution in [3.63, 3.8) is 0 Å². The minimum absolute atomic E-state index is 0.179.